The van der Waals surface area contributed by atoms with Crippen molar-refractivity contribution in [1.82, 2.24) is 5.32 Å². The number of anilines is 2. The van der Waals surface area contributed by atoms with Crippen LogP contribution in [0, 0.1) is 0 Å². The number of nitrogens with two attached hydrogens (primary N) is 1. The van der Waals surface area contributed by atoms with Gasteiger partial charge in [-0.15, -0.1) is 0 Å². The Hall–Kier alpha value is -1.71. The number of nitrogen functional groups attached to an aromatic ring is 1. The van der Waals surface area contributed by atoms with Crippen molar-refractivity contribution >= 4 is 17.3 Å². The van der Waals surface area contributed by atoms with Crippen LogP contribution in [0.15, 0.2) is 24.3 Å². The van der Waals surface area contributed by atoms with Gasteiger partial charge in [-0.25, -0.2) is 0 Å². The van der Waals surface area contributed by atoms with Gasteiger partial charge in [0.25, 0.3) is 0 Å². The number of amides is 1. The fourth-order valence-electron chi connectivity index (χ4n) is 1.96. The first-order valence-electron chi connectivity index (χ1n) is 6.39. The zero-order valence-electron chi connectivity index (χ0n) is 11.4. The minimum atomic E-state index is 0.0294. The summed E-state index contributed by atoms with van der Waals surface area (Å²) < 4.78 is 0. The van der Waals surface area contributed by atoms with Crippen molar-refractivity contribution in [2.45, 2.75) is 32.7 Å². The van der Waals surface area contributed by atoms with Gasteiger partial charge in [-0.05, 0) is 25.5 Å². The highest BCUT2D eigenvalue weighted by Crippen LogP contribution is 2.20. The lowest BCUT2D eigenvalue weighted by molar-refractivity contribution is -0.120. The van der Waals surface area contributed by atoms with Crippen LogP contribution in [0.4, 0.5) is 11.4 Å². The van der Waals surface area contributed by atoms with Crippen molar-refractivity contribution in [3.8, 4) is 0 Å². The average molecular weight is 249 g/mol. The van der Waals surface area contributed by atoms with Crippen molar-refractivity contribution in [1.29, 1.82) is 0 Å². The van der Waals surface area contributed by atoms with Gasteiger partial charge in [-0.2, -0.15) is 0 Å². The SMILES string of the molecule is CCCC(C)NC(=O)CN(C)c1ccccc1N. The van der Waals surface area contributed by atoms with Gasteiger partial charge in [0, 0.05) is 13.1 Å². The molecular weight excluding hydrogens is 226 g/mol. The van der Waals surface area contributed by atoms with Crippen LogP contribution in [0.25, 0.3) is 0 Å². The molecule has 0 saturated heterocycles. The van der Waals surface area contributed by atoms with E-state index < -0.39 is 0 Å². The molecular formula is C14H23N3O. The van der Waals surface area contributed by atoms with E-state index in [0.717, 1.165) is 18.5 Å². The molecule has 1 aromatic carbocycles. The average Bonchev–Trinajstić information content (AvgIpc) is 2.29. The smallest absolute Gasteiger partial charge is 0.239 e. The van der Waals surface area contributed by atoms with E-state index in [1.807, 2.05) is 43.1 Å². The number of carbonyl (C=O) groups excluding carboxylic acids is 1. The second-order valence-electron chi connectivity index (χ2n) is 4.67. The second kappa shape index (κ2) is 6.89. The van der Waals surface area contributed by atoms with Crippen LogP contribution in [0.3, 0.4) is 0 Å². The minimum absolute atomic E-state index is 0.0294. The standard InChI is InChI=1S/C14H23N3O/c1-4-7-11(2)16-14(18)10-17(3)13-9-6-5-8-12(13)15/h5-6,8-9,11H,4,7,10,15H2,1-3H3,(H,16,18). The Morgan fingerprint density at radius 3 is 2.72 bits per heavy atom. The van der Waals surface area contributed by atoms with Gasteiger partial charge >= 0.3 is 0 Å². The van der Waals surface area contributed by atoms with E-state index in [0.29, 0.717) is 12.2 Å². The molecule has 4 nitrogen and oxygen atoms in total. The summed E-state index contributed by atoms with van der Waals surface area (Å²) in [6, 6.07) is 7.78. The second-order valence-corrected chi connectivity index (χ2v) is 4.67. The van der Waals surface area contributed by atoms with Crippen LogP contribution < -0.4 is 16.0 Å². The third-order valence-electron chi connectivity index (χ3n) is 2.86. The lowest BCUT2D eigenvalue weighted by Crippen LogP contribution is -2.39. The van der Waals surface area contributed by atoms with Crippen molar-refractivity contribution in [3.63, 3.8) is 0 Å². The molecule has 1 rings (SSSR count). The Morgan fingerprint density at radius 2 is 2.11 bits per heavy atom. The maximum absolute atomic E-state index is 11.8. The summed E-state index contributed by atoms with van der Waals surface area (Å²) in [5.74, 6) is 0.0294. The first-order valence-corrected chi connectivity index (χ1v) is 6.39. The van der Waals surface area contributed by atoms with E-state index in [1.165, 1.54) is 0 Å². The Morgan fingerprint density at radius 1 is 1.44 bits per heavy atom. The van der Waals surface area contributed by atoms with Crippen LogP contribution in [0.5, 0.6) is 0 Å². The number of carbonyl (C=O) groups is 1. The molecule has 0 aliphatic heterocycles. The summed E-state index contributed by atoms with van der Waals surface area (Å²) in [5, 5.41) is 2.98. The van der Waals surface area contributed by atoms with Crippen molar-refractivity contribution in [2.75, 3.05) is 24.2 Å². The number of hydrogen-bond acceptors (Lipinski definition) is 3. The summed E-state index contributed by atoms with van der Waals surface area (Å²) in [4.78, 5) is 13.7. The fourth-order valence-corrected chi connectivity index (χ4v) is 1.96. The van der Waals surface area contributed by atoms with Crippen LogP contribution in [-0.4, -0.2) is 25.5 Å². The van der Waals surface area contributed by atoms with Gasteiger partial charge in [0.1, 0.15) is 0 Å². The molecule has 0 heterocycles. The van der Waals surface area contributed by atoms with Gasteiger partial charge in [0.2, 0.25) is 5.91 Å². The molecule has 1 amide bonds. The lowest BCUT2D eigenvalue weighted by Gasteiger charge is -2.21. The molecule has 0 saturated carbocycles. The molecule has 0 spiro atoms. The molecule has 0 bridgehead atoms. The predicted molar refractivity (Wildman–Crippen MR) is 76.6 cm³/mol. The number of para-hydroxylation sites is 2. The highest BCUT2D eigenvalue weighted by atomic mass is 16.2. The van der Waals surface area contributed by atoms with E-state index in [1.54, 1.807) is 0 Å². The highest BCUT2D eigenvalue weighted by molar-refractivity contribution is 5.83. The van der Waals surface area contributed by atoms with Gasteiger partial charge in [0.15, 0.2) is 0 Å². The molecule has 0 fully saturated rings. The van der Waals surface area contributed by atoms with Gasteiger partial charge in [0.05, 0.1) is 17.9 Å². The minimum Gasteiger partial charge on any atom is -0.397 e. The van der Waals surface area contributed by atoms with E-state index in [9.17, 15) is 4.79 Å². The molecule has 0 radical (unpaired) electrons. The number of likely N-dealkylation sites (N-methyl/N-ethyl adjacent to an activating group) is 1. The molecule has 0 aliphatic rings. The molecule has 4 heteroatoms. The predicted octanol–water partition coefficient (Wildman–Crippen LogP) is 2.01. The van der Waals surface area contributed by atoms with E-state index in [2.05, 4.69) is 12.2 Å². The Balaban J connectivity index is 2.52. The largest absolute Gasteiger partial charge is 0.397 e. The molecule has 0 aromatic heterocycles. The first-order chi connectivity index (χ1) is 8.54. The number of hydrogen-bond donors (Lipinski definition) is 2. The number of rotatable bonds is 6. The maximum atomic E-state index is 11.8. The number of nitrogens with zero attached hydrogens (tertiary/aromatic N) is 1. The van der Waals surface area contributed by atoms with Crippen LogP contribution >= 0.6 is 0 Å². The van der Waals surface area contributed by atoms with E-state index in [4.69, 9.17) is 5.73 Å². The van der Waals surface area contributed by atoms with Crippen molar-refractivity contribution in [2.24, 2.45) is 0 Å². The summed E-state index contributed by atoms with van der Waals surface area (Å²) in [6.07, 6.45) is 2.08. The quantitative estimate of drug-likeness (QED) is 0.758. The number of benzene rings is 1. The first kappa shape index (κ1) is 14.4. The monoisotopic (exact) mass is 249 g/mol. The van der Waals surface area contributed by atoms with Gasteiger partial charge in [-0.3, -0.25) is 4.79 Å². The molecule has 1 unspecified atom stereocenters. The van der Waals surface area contributed by atoms with Crippen molar-refractivity contribution < 1.29 is 4.79 Å². The summed E-state index contributed by atoms with van der Waals surface area (Å²) in [5.41, 5.74) is 7.45. The van der Waals surface area contributed by atoms with Crippen molar-refractivity contribution in [3.05, 3.63) is 24.3 Å². The Labute approximate surface area is 109 Å². The van der Waals surface area contributed by atoms with Gasteiger partial charge < -0.3 is 16.0 Å². The summed E-state index contributed by atoms with van der Waals surface area (Å²) in [6.45, 7) is 4.46. The molecule has 18 heavy (non-hydrogen) atoms. The van der Waals surface area contributed by atoms with E-state index >= 15 is 0 Å². The molecule has 1 aromatic rings. The van der Waals surface area contributed by atoms with Crippen LogP contribution in [0.1, 0.15) is 26.7 Å². The third kappa shape index (κ3) is 4.28. The van der Waals surface area contributed by atoms with E-state index in [-0.39, 0.29) is 11.9 Å². The highest BCUT2D eigenvalue weighted by Gasteiger charge is 2.11. The van der Waals surface area contributed by atoms with Crippen LogP contribution in [0.2, 0.25) is 0 Å². The normalized spacial score (nSPS) is 11.9. The lowest BCUT2D eigenvalue weighted by atomic mass is 10.2. The fraction of sp³-hybridized carbons (Fsp3) is 0.500. The Bertz CT molecular complexity index is 392. The molecule has 0 aliphatic carbocycles. The molecule has 3 N–H and O–H groups in total. The number of nitrogens with one attached hydrogen (secondary N) is 1. The molecule has 1 atom stereocenters. The zero-order chi connectivity index (χ0) is 13.5. The van der Waals surface area contributed by atoms with Crippen LogP contribution in [-0.2, 0) is 4.79 Å². The maximum Gasteiger partial charge on any atom is 0.239 e. The third-order valence-corrected chi connectivity index (χ3v) is 2.86. The Kier molecular flexibility index (Phi) is 5.49. The van der Waals surface area contributed by atoms with Gasteiger partial charge in [-0.1, -0.05) is 25.5 Å². The zero-order valence-corrected chi connectivity index (χ0v) is 11.4. The summed E-state index contributed by atoms with van der Waals surface area (Å²) >= 11 is 0. The summed E-state index contributed by atoms with van der Waals surface area (Å²) in [7, 11) is 1.87. The molecule has 100 valence electrons. The topological polar surface area (TPSA) is 58.4 Å².